The number of ether oxygens (including phenoxy) is 1. The van der Waals surface area contributed by atoms with Crippen LogP contribution in [0.2, 0.25) is 0 Å². The van der Waals surface area contributed by atoms with Gasteiger partial charge in [-0.1, -0.05) is 6.07 Å². The van der Waals surface area contributed by atoms with Crippen molar-refractivity contribution >= 4 is 22.6 Å². The molecule has 1 aliphatic rings. The molecule has 4 nitrogen and oxygen atoms in total. The van der Waals surface area contributed by atoms with Crippen molar-refractivity contribution in [1.29, 1.82) is 0 Å². The summed E-state index contributed by atoms with van der Waals surface area (Å²) < 4.78 is 21.0. The molecule has 0 radical (unpaired) electrons. The van der Waals surface area contributed by atoms with Crippen LogP contribution < -0.4 is 5.01 Å². The van der Waals surface area contributed by atoms with Crippen molar-refractivity contribution in [3.63, 3.8) is 0 Å². The quantitative estimate of drug-likeness (QED) is 0.780. The van der Waals surface area contributed by atoms with Gasteiger partial charge in [0.05, 0.1) is 37.7 Å². The monoisotopic (exact) mass is 269 g/mol. The minimum atomic E-state index is -0.314. The first-order valence-corrected chi connectivity index (χ1v) is 6.39. The molecule has 2 aromatic rings. The van der Waals surface area contributed by atoms with E-state index in [1.165, 1.54) is 6.07 Å². The summed E-state index contributed by atoms with van der Waals surface area (Å²) in [5.74, 6) is 0.607. The van der Waals surface area contributed by atoms with E-state index in [1.807, 2.05) is 10.7 Å². The maximum absolute atomic E-state index is 13.7. The lowest BCUT2D eigenvalue weighted by Crippen LogP contribution is -2.44. The van der Waals surface area contributed by atoms with Crippen LogP contribution in [0.25, 0.3) is 11.0 Å². The fraction of sp³-hybridized carbons (Fsp3) is 0.417. The van der Waals surface area contributed by atoms with E-state index in [4.69, 9.17) is 16.3 Å². The third-order valence-corrected chi connectivity index (χ3v) is 3.31. The standard InChI is InChI=1S/C12H13ClFN3O/c13-8-11-15-12-9(14)2-1-3-10(12)17(11)16-4-6-18-7-5-16/h1-3H,4-8H2. The number of rotatable bonds is 2. The van der Waals surface area contributed by atoms with Crippen LogP contribution in [0, 0.1) is 5.82 Å². The topological polar surface area (TPSA) is 30.3 Å². The average molecular weight is 270 g/mol. The van der Waals surface area contributed by atoms with Crippen molar-refractivity contribution in [1.82, 2.24) is 9.66 Å². The Labute approximate surface area is 109 Å². The molecule has 1 saturated heterocycles. The molecule has 1 fully saturated rings. The first kappa shape index (κ1) is 11.7. The Hall–Kier alpha value is -1.33. The molecule has 2 heterocycles. The third kappa shape index (κ3) is 1.83. The summed E-state index contributed by atoms with van der Waals surface area (Å²) in [6.07, 6.45) is 0. The number of para-hydroxylation sites is 1. The van der Waals surface area contributed by atoms with Gasteiger partial charge in [-0.3, -0.25) is 0 Å². The number of aromatic nitrogens is 2. The Balaban J connectivity index is 2.16. The van der Waals surface area contributed by atoms with Gasteiger partial charge in [-0.2, -0.15) is 0 Å². The van der Waals surface area contributed by atoms with E-state index in [-0.39, 0.29) is 11.7 Å². The summed E-state index contributed by atoms with van der Waals surface area (Å²) in [5.41, 5.74) is 1.13. The van der Waals surface area contributed by atoms with Gasteiger partial charge < -0.3 is 9.75 Å². The van der Waals surface area contributed by atoms with Gasteiger partial charge in [-0.05, 0) is 12.1 Å². The number of fused-ring (bicyclic) bond motifs is 1. The normalized spacial score (nSPS) is 16.4. The SMILES string of the molecule is Fc1cccc2c1nc(CCl)n2N1CCOCC1. The van der Waals surface area contributed by atoms with Crippen LogP contribution >= 0.6 is 11.6 Å². The lowest BCUT2D eigenvalue weighted by Gasteiger charge is -2.31. The predicted octanol–water partition coefficient (Wildman–Crippen LogP) is 1.88. The van der Waals surface area contributed by atoms with E-state index in [0.717, 1.165) is 18.6 Å². The average Bonchev–Trinajstić information content (AvgIpc) is 2.80. The van der Waals surface area contributed by atoms with Crippen LogP contribution in [0.4, 0.5) is 4.39 Å². The van der Waals surface area contributed by atoms with E-state index in [9.17, 15) is 4.39 Å². The summed E-state index contributed by atoms with van der Waals surface area (Å²) in [6.45, 7) is 2.84. The minimum Gasteiger partial charge on any atom is -0.378 e. The molecule has 6 heteroatoms. The molecule has 96 valence electrons. The number of nitrogens with zero attached hydrogens (tertiary/aromatic N) is 3. The molecule has 0 unspecified atom stereocenters. The summed E-state index contributed by atoms with van der Waals surface area (Å²) >= 11 is 5.91. The van der Waals surface area contributed by atoms with Crippen LogP contribution in [0.15, 0.2) is 18.2 Å². The van der Waals surface area contributed by atoms with Crippen molar-refractivity contribution in [3.8, 4) is 0 Å². The lowest BCUT2D eigenvalue weighted by molar-refractivity contribution is 0.111. The van der Waals surface area contributed by atoms with Crippen LogP contribution in [-0.4, -0.2) is 36.0 Å². The van der Waals surface area contributed by atoms with Crippen LogP contribution in [0.3, 0.4) is 0 Å². The van der Waals surface area contributed by atoms with Crippen LogP contribution in [-0.2, 0) is 10.6 Å². The van der Waals surface area contributed by atoms with Gasteiger partial charge in [0.1, 0.15) is 11.3 Å². The Morgan fingerprint density at radius 2 is 2.11 bits per heavy atom. The zero-order valence-electron chi connectivity index (χ0n) is 9.77. The molecule has 3 rings (SSSR count). The first-order chi connectivity index (χ1) is 8.81. The van der Waals surface area contributed by atoms with E-state index in [0.29, 0.717) is 24.6 Å². The highest BCUT2D eigenvalue weighted by atomic mass is 35.5. The third-order valence-electron chi connectivity index (χ3n) is 3.07. The highest BCUT2D eigenvalue weighted by Gasteiger charge is 2.19. The summed E-state index contributed by atoms with van der Waals surface area (Å²) in [7, 11) is 0. The molecule has 1 aromatic heterocycles. The van der Waals surface area contributed by atoms with Gasteiger partial charge in [0.15, 0.2) is 5.82 Å². The predicted molar refractivity (Wildman–Crippen MR) is 68.0 cm³/mol. The number of morpholine rings is 1. The second-order valence-electron chi connectivity index (χ2n) is 4.15. The first-order valence-electron chi connectivity index (χ1n) is 5.86. The van der Waals surface area contributed by atoms with E-state index in [1.54, 1.807) is 6.07 Å². The molecule has 1 aliphatic heterocycles. The smallest absolute Gasteiger partial charge is 0.151 e. The Bertz CT molecular complexity index is 566. The molecule has 0 spiro atoms. The summed E-state index contributed by atoms with van der Waals surface area (Å²) in [5, 5.41) is 2.09. The molecule has 0 N–H and O–H groups in total. The van der Waals surface area contributed by atoms with Crippen molar-refractivity contribution in [2.24, 2.45) is 0 Å². The number of benzene rings is 1. The van der Waals surface area contributed by atoms with Crippen molar-refractivity contribution in [2.45, 2.75) is 5.88 Å². The van der Waals surface area contributed by atoms with Crippen molar-refractivity contribution in [3.05, 3.63) is 29.8 Å². The van der Waals surface area contributed by atoms with Gasteiger partial charge in [-0.25, -0.2) is 14.1 Å². The van der Waals surface area contributed by atoms with Gasteiger partial charge in [0, 0.05) is 0 Å². The molecule has 0 aliphatic carbocycles. The Kier molecular flexibility index (Phi) is 3.09. The zero-order valence-corrected chi connectivity index (χ0v) is 10.5. The maximum Gasteiger partial charge on any atom is 0.151 e. The molecule has 0 atom stereocenters. The number of hydrogen-bond donors (Lipinski definition) is 0. The minimum absolute atomic E-state index is 0.255. The molecular weight excluding hydrogens is 257 g/mol. The molecule has 18 heavy (non-hydrogen) atoms. The van der Waals surface area contributed by atoms with E-state index in [2.05, 4.69) is 9.99 Å². The molecule has 1 aromatic carbocycles. The van der Waals surface area contributed by atoms with Gasteiger partial charge in [-0.15, -0.1) is 11.6 Å². The fourth-order valence-corrected chi connectivity index (χ4v) is 2.43. The lowest BCUT2D eigenvalue weighted by atomic mass is 10.3. The molecule has 0 amide bonds. The number of halogens is 2. The molecular formula is C12H13ClFN3O. The van der Waals surface area contributed by atoms with E-state index < -0.39 is 0 Å². The highest BCUT2D eigenvalue weighted by molar-refractivity contribution is 6.16. The molecule has 0 bridgehead atoms. The van der Waals surface area contributed by atoms with Gasteiger partial charge >= 0.3 is 0 Å². The largest absolute Gasteiger partial charge is 0.378 e. The maximum atomic E-state index is 13.7. The number of hydrogen-bond acceptors (Lipinski definition) is 3. The van der Waals surface area contributed by atoms with Gasteiger partial charge in [0.25, 0.3) is 0 Å². The van der Waals surface area contributed by atoms with E-state index >= 15 is 0 Å². The molecule has 0 saturated carbocycles. The van der Waals surface area contributed by atoms with Gasteiger partial charge in [0.2, 0.25) is 0 Å². The Morgan fingerprint density at radius 1 is 1.33 bits per heavy atom. The summed E-state index contributed by atoms with van der Waals surface area (Å²) in [6, 6.07) is 4.96. The van der Waals surface area contributed by atoms with Crippen LogP contribution in [0.5, 0.6) is 0 Å². The van der Waals surface area contributed by atoms with Crippen molar-refractivity contribution < 1.29 is 9.13 Å². The number of imidazole rings is 1. The van der Waals surface area contributed by atoms with Crippen LogP contribution in [0.1, 0.15) is 5.82 Å². The highest BCUT2D eigenvalue weighted by Crippen LogP contribution is 2.21. The second kappa shape index (κ2) is 4.74. The Morgan fingerprint density at radius 3 is 2.83 bits per heavy atom. The summed E-state index contributed by atoms with van der Waals surface area (Å²) in [4.78, 5) is 4.28. The fourth-order valence-electron chi connectivity index (χ4n) is 2.26. The zero-order chi connectivity index (χ0) is 12.5. The van der Waals surface area contributed by atoms with Crippen molar-refractivity contribution in [2.75, 3.05) is 31.3 Å². The number of alkyl halides is 1. The second-order valence-corrected chi connectivity index (χ2v) is 4.41.